The highest BCUT2D eigenvalue weighted by molar-refractivity contribution is 9.11. The van der Waals surface area contributed by atoms with Crippen molar-refractivity contribution < 1.29 is 4.79 Å². The van der Waals surface area contributed by atoms with E-state index in [0.717, 1.165) is 11.5 Å². The summed E-state index contributed by atoms with van der Waals surface area (Å²) < 4.78 is 1.17. The summed E-state index contributed by atoms with van der Waals surface area (Å²) in [6.45, 7) is 3.25. The maximum atomic E-state index is 12.1. The van der Waals surface area contributed by atoms with Gasteiger partial charge in [0.1, 0.15) is 0 Å². The number of hydrogen-bond acceptors (Lipinski definition) is 4. The van der Waals surface area contributed by atoms with Gasteiger partial charge in [-0.2, -0.15) is 11.8 Å². The zero-order valence-electron chi connectivity index (χ0n) is 14.0. The summed E-state index contributed by atoms with van der Waals surface area (Å²) >= 11 is 7.08. The van der Waals surface area contributed by atoms with Crippen molar-refractivity contribution >= 4 is 44.9 Å². The highest BCUT2D eigenvalue weighted by atomic mass is 79.9. The molecule has 24 heavy (non-hydrogen) atoms. The molecule has 1 atom stereocenters. The smallest absolute Gasteiger partial charge is 0.234 e. The number of benzene rings is 1. The molecule has 0 unspecified atom stereocenters. The molecule has 0 saturated carbocycles. The first kappa shape index (κ1) is 19.5. The normalized spacial score (nSPS) is 12.3. The van der Waals surface area contributed by atoms with Crippen LogP contribution >= 0.6 is 39.0 Å². The van der Waals surface area contributed by atoms with Crippen LogP contribution in [0.3, 0.4) is 0 Å². The molecule has 0 aliphatic heterocycles. The van der Waals surface area contributed by atoms with Crippen molar-refractivity contribution in [2.75, 3.05) is 25.9 Å². The largest absolute Gasteiger partial charge is 0.354 e. The van der Waals surface area contributed by atoms with Crippen LogP contribution < -0.4 is 5.32 Å². The minimum Gasteiger partial charge on any atom is -0.354 e. The number of nitrogens with one attached hydrogen (secondary N) is 1. The minimum absolute atomic E-state index is 0.0831. The molecule has 130 valence electrons. The maximum Gasteiger partial charge on any atom is 0.234 e. The average molecular weight is 427 g/mol. The molecule has 1 aromatic heterocycles. The number of halogens is 1. The van der Waals surface area contributed by atoms with Crippen LogP contribution in [-0.4, -0.2) is 36.7 Å². The van der Waals surface area contributed by atoms with Crippen LogP contribution in [-0.2, 0) is 10.5 Å². The average Bonchev–Trinajstić information content (AvgIpc) is 3.00. The number of amides is 1. The van der Waals surface area contributed by atoms with Gasteiger partial charge >= 0.3 is 0 Å². The third-order valence-electron chi connectivity index (χ3n) is 3.78. The van der Waals surface area contributed by atoms with E-state index in [4.69, 9.17) is 0 Å². The van der Waals surface area contributed by atoms with Crippen LogP contribution in [0.5, 0.6) is 0 Å². The fourth-order valence-electron chi connectivity index (χ4n) is 2.27. The molecule has 0 aliphatic carbocycles. The van der Waals surface area contributed by atoms with Crippen molar-refractivity contribution in [3.8, 4) is 0 Å². The summed E-state index contributed by atoms with van der Waals surface area (Å²) in [6, 6.07) is 14.7. The van der Waals surface area contributed by atoms with Crippen LogP contribution in [0.25, 0.3) is 0 Å². The fourth-order valence-corrected chi connectivity index (χ4v) is 4.72. The number of hydrogen-bond donors (Lipinski definition) is 1. The number of thioether (sulfide) groups is 1. The molecule has 1 amide bonds. The van der Waals surface area contributed by atoms with Gasteiger partial charge in [0, 0.05) is 29.0 Å². The Balaban J connectivity index is 1.62. The molecule has 3 nitrogen and oxygen atoms in total. The second kappa shape index (κ2) is 10.2. The maximum absolute atomic E-state index is 12.1. The molecule has 0 bridgehead atoms. The summed E-state index contributed by atoms with van der Waals surface area (Å²) in [5.41, 5.74) is 1.23. The number of likely N-dealkylation sites (N-methyl/N-ethyl adjacent to an activating group) is 1. The van der Waals surface area contributed by atoms with Crippen molar-refractivity contribution in [3.63, 3.8) is 0 Å². The molecule has 0 radical (unpaired) electrons. The summed E-state index contributed by atoms with van der Waals surface area (Å²) in [4.78, 5) is 15.5. The predicted molar refractivity (Wildman–Crippen MR) is 109 cm³/mol. The van der Waals surface area contributed by atoms with Gasteiger partial charge in [-0.25, -0.2) is 0 Å². The Morgan fingerprint density at radius 2 is 2.04 bits per heavy atom. The zero-order valence-corrected chi connectivity index (χ0v) is 17.2. The second-order valence-corrected chi connectivity index (χ2v) is 9.26. The lowest BCUT2D eigenvalue weighted by Crippen LogP contribution is -2.37. The topological polar surface area (TPSA) is 32.3 Å². The van der Waals surface area contributed by atoms with Crippen LogP contribution in [0.15, 0.2) is 46.3 Å². The van der Waals surface area contributed by atoms with Gasteiger partial charge in [-0.1, -0.05) is 30.3 Å². The standard InChI is InChI=1S/C18H23BrN2OS2/c1-14(15-6-4-3-5-7-15)21(2)12-18(22)20-10-11-23-13-16-8-9-17(19)24-16/h3-9,14H,10-13H2,1-2H3,(H,20,22)/t14-/m0/s1. The predicted octanol–water partition coefficient (Wildman–Crippen LogP) is 4.55. The Bertz CT molecular complexity index is 633. The SMILES string of the molecule is C[C@@H](c1ccccc1)N(C)CC(=O)NCCSCc1ccc(Br)s1. The molecule has 1 heterocycles. The first-order valence-corrected chi connectivity index (χ1v) is 10.7. The van der Waals surface area contributed by atoms with Crippen LogP contribution in [0.4, 0.5) is 0 Å². The number of rotatable bonds is 9. The highest BCUT2D eigenvalue weighted by Gasteiger charge is 2.14. The summed E-state index contributed by atoms with van der Waals surface area (Å²) in [5.74, 6) is 2.01. The molecule has 0 fully saturated rings. The Hall–Kier alpha value is -0.820. The van der Waals surface area contributed by atoms with E-state index in [9.17, 15) is 4.79 Å². The molecule has 1 N–H and O–H groups in total. The molecule has 0 saturated heterocycles. The molecule has 2 rings (SSSR count). The van der Waals surface area contributed by atoms with Crippen molar-refractivity contribution in [3.05, 3.63) is 56.7 Å². The zero-order chi connectivity index (χ0) is 17.4. The van der Waals surface area contributed by atoms with Crippen LogP contribution in [0, 0.1) is 0 Å². The highest BCUT2D eigenvalue weighted by Crippen LogP contribution is 2.25. The van der Waals surface area contributed by atoms with E-state index in [0.29, 0.717) is 13.1 Å². The van der Waals surface area contributed by atoms with E-state index in [1.807, 2.05) is 37.0 Å². The van der Waals surface area contributed by atoms with Gasteiger partial charge in [0.25, 0.3) is 0 Å². The molecule has 0 spiro atoms. The molecular formula is C18H23BrN2OS2. The molecule has 1 aromatic carbocycles. The molecule has 2 aromatic rings. The first-order valence-electron chi connectivity index (χ1n) is 7.90. The first-order chi connectivity index (χ1) is 11.6. The third-order valence-corrected chi connectivity index (χ3v) is 6.59. The van der Waals surface area contributed by atoms with Gasteiger partial charge in [0.2, 0.25) is 5.91 Å². The number of thiophene rings is 1. The minimum atomic E-state index is 0.0831. The molecule has 0 aliphatic rings. The summed E-state index contributed by atoms with van der Waals surface area (Å²) in [6.07, 6.45) is 0. The van der Waals surface area contributed by atoms with Crippen LogP contribution in [0.1, 0.15) is 23.4 Å². The monoisotopic (exact) mass is 426 g/mol. The van der Waals surface area contributed by atoms with Crippen LogP contribution in [0.2, 0.25) is 0 Å². The van der Waals surface area contributed by atoms with E-state index in [-0.39, 0.29) is 11.9 Å². The van der Waals surface area contributed by atoms with Crippen molar-refractivity contribution in [1.29, 1.82) is 0 Å². The van der Waals surface area contributed by atoms with Crippen molar-refractivity contribution in [1.82, 2.24) is 10.2 Å². The molecular weight excluding hydrogens is 404 g/mol. The van der Waals surface area contributed by atoms with E-state index >= 15 is 0 Å². The number of carbonyl (C=O) groups excluding carboxylic acids is 1. The van der Waals surface area contributed by atoms with E-state index in [2.05, 4.69) is 57.3 Å². The quantitative estimate of drug-likeness (QED) is 0.596. The van der Waals surface area contributed by atoms with Gasteiger partial charge in [0.15, 0.2) is 0 Å². The molecule has 6 heteroatoms. The van der Waals surface area contributed by atoms with E-state index < -0.39 is 0 Å². The van der Waals surface area contributed by atoms with Gasteiger partial charge in [0.05, 0.1) is 10.3 Å². The lowest BCUT2D eigenvalue weighted by molar-refractivity contribution is -0.122. The Kier molecular flexibility index (Phi) is 8.32. The number of nitrogens with zero attached hydrogens (tertiary/aromatic N) is 1. The van der Waals surface area contributed by atoms with Crippen molar-refractivity contribution in [2.45, 2.75) is 18.7 Å². The Morgan fingerprint density at radius 3 is 2.71 bits per heavy atom. The lowest BCUT2D eigenvalue weighted by atomic mass is 10.1. The fraction of sp³-hybridized carbons (Fsp3) is 0.389. The summed E-state index contributed by atoms with van der Waals surface area (Å²) in [7, 11) is 1.99. The summed E-state index contributed by atoms with van der Waals surface area (Å²) in [5, 5.41) is 3.00. The Labute approximate surface area is 161 Å². The number of carbonyl (C=O) groups is 1. The van der Waals surface area contributed by atoms with Crippen molar-refractivity contribution in [2.24, 2.45) is 0 Å². The van der Waals surface area contributed by atoms with Gasteiger partial charge in [-0.3, -0.25) is 9.69 Å². The second-order valence-electron chi connectivity index (χ2n) is 5.61. The van der Waals surface area contributed by atoms with Gasteiger partial charge in [-0.05, 0) is 47.6 Å². The van der Waals surface area contributed by atoms with E-state index in [1.165, 1.54) is 14.2 Å². The van der Waals surface area contributed by atoms with Gasteiger partial charge < -0.3 is 5.32 Å². The van der Waals surface area contributed by atoms with E-state index in [1.54, 1.807) is 11.3 Å². The van der Waals surface area contributed by atoms with Gasteiger partial charge in [-0.15, -0.1) is 11.3 Å². The Morgan fingerprint density at radius 1 is 1.29 bits per heavy atom. The lowest BCUT2D eigenvalue weighted by Gasteiger charge is -2.24. The third kappa shape index (κ3) is 6.59.